The monoisotopic (exact) mass is 265 g/mol. The molecule has 1 aliphatic heterocycles. The van der Waals surface area contributed by atoms with E-state index in [4.69, 9.17) is 0 Å². The van der Waals surface area contributed by atoms with Crippen molar-refractivity contribution in [1.82, 2.24) is 4.90 Å². The van der Waals surface area contributed by atoms with Crippen LogP contribution in [-0.2, 0) is 6.42 Å². The number of nitrogens with zero attached hydrogens (tertiary/aromatic N) is 1. The zero-order valence-electron chi connectivity index (χ0n) is 12.0. The van der Waals surface area contributed by atoms with Gasteiger partial charge in [0.05, 0.1) is 5.60 Å². The molecule has 1 heterocycles. The molecule has 0 saturated carbocycles. The molecule has 0 bridgehead atoms. The molecule has 3 heteroatoms. The Kier molecular flexibility index (Phi) is 4.58. The van der Waals surface area contributed by atoms with Gasteiger partial charge in [0.25, 0.3) is 0 Å². The fourth-order valence-corrected chi connectivity index (χ4v) is 2.91. The van der Waals surface area contributed by atoms with E-state index in [0.29, 0.717) is 6.42 Å². The molecule has 1 unspecified atom stereocenters. The van der Waals surface area contributed by atoms with E-state index in [9.17, 15) is 9.50 Å². The minimum atomic E-state index is -0.678. The molecule has 0 aliphatic carbocycles. The quantitative estimate of drug-likeness (QED) is 0.908. The molecule has 1 atom stereocenters. The summed E-state index contributed by atoms with van der Waals surface area (Å²) in [7, 11) is 0. The Morgan fingerprint density at radius 1 is 1.32 bits per heavy atom. The van der Waals surface area contributed by atoms with E-state index in [-0.39, 0.29) is 5.82 Å². The smallest absolute Gasteiger partial charge is 0.123 e. The first-order valence-electron chi connectivity index (χ1n) is 7.22. The summed E-state index contributed by atoms with van der Waals surface area (Å²) < 4.78 is 13.3. The van der Waals surface area contributed by atoms with Crippen molar-refractivity contribution in [3.05, 3.63) is 35.1 Å². The van der Waals surface area contributed by atoms with Gasteiger partial charge in [0.15, 0.2) is 0 Å². The molecule has 0 spiro atoms. The number of hydrogen-bond acceptors (Lipinski definition) is 2. The van der Waals surface area contributed by atoms with Crippen LogP contribution in [-0.4, -0.2) is 35.2 Å². The number of halogens is 1. The van der Waals surface area contributed by atoms with Gasteiger partial charge in [-0.3, -0.25) is 0 Å². The Labute approximate surface area is 115 Å². The van der Waals surface area contributed by atoms with Crippen molar-refractivity contribution >= 4 is 0 Å². The highest BCUT2D eigenvalue weighted by molar-refractivity contribution is 5.28. The standard InChI is InChI=1S/C16H24FNO/c1-3-18-9-4-7-16(19,8-10-18)12-14-11-15(17)6-5-13(14)2/h5-6,11,19H,3-4,7-10,12H2,1-2H3. The second kappa shape index (κ2) is 6.02. The summed E-state index contributed by atoms with van der Waals surface area (Å²) in [6, 6.07) is 4.84. The fourth-order valence-electron chi connectivity index (χ4n) is 2.91. The van der Waals surface area contributed by atoms with Crippen LogP contribution in [0.4, 0.5) is 4.39 Å². The highest BCUT2D eigenvalue weighted by Gasteiger charge is 2.30. The molecule has 1 saturated heterocycles. The molecular formula is C16H24FNO. The van der Waals surface area contributed by atoms with Gasteiger partial charge in [-0.15, -0.1) is 0 Å². The maximum atomic E-state index is 13.3. The van der Waals surface area contributed by atoms with E-state index in [2.05, 4.69) is 11.8 Å². The first kappa shape index (κ1) is 14.5. The van der Waals surface area contributed by atoms with Crippen LogP contribution in [0.1, 0.15) is 37.3 Å². The topological polar surface area (TPSA) is 23.5 Å². The van der Waals surface area contributed by atoms with Crippen molar-refractivity contribution in [2.75, 3.05) is 19.6 Å². The van der Waals surface area contributed by atoms with E-state index < -0.39 is 5.60 Å². The fraction of sp³-hybridized carbons (Fsp3) is 0.625. The van der Waals surface area contributed by atoms with E-state index in [1.165, 1.54) is 6.07 Å². The van der Waals surface area contributed by atoms with Gasteiger partial charge in [-0.25, -0.2) is 4.39 Å². The van der Waals surface area contributed by atoms with Crippen LogP contribution in [0.25, 0.3) is 0 Å². The van der Waals surface area contributed by atoms with Crippen LogP contribution in [0.15, 0.2) is 18.2 Å². The third-order valence-corrected chi connectivity index (χ3v) is 4.29. The van der Waals surface area contributed by atoms with Gasteiger partial charge in [-0.1, -0.05) is 13.0 Å². The Hall–Kier alpha value is -0.930. The Morgan fingerprint density at radius 2 is 2.11 bits per heavy atom. The first-order valence-corrected chi connectivity index (χ1v) is 7.22. The molecule has 0 radical (unpaired) electrons. The minimum absolute atomic E-state index is 0.215. The van der Waals surface area contributed by atoms with E-state index in [0.717, 1.165) is 50.0 Å². The molecule has 106 valence electrons. The summed E-state index contributed by atoms with van der Waals surface area (Å²) in [5.41, 5.74) is 1.32. The Bertz CT molecular complexity index is 435. The summed E-state index contributed by atoms with van der Waals surface area (Å²) in [6.45, 7) is 7.16. The SMILES string of the molecule is CCN1CCCC(O)(Cc2cc(F)ccc2C)CC1. The van der Waals surface area contributed by atoms with Crippen molar-refractivity contribution in [1.29, 1.82) is 0 Å². The van der Waals surface area contributed by atoms with Crippen molar-refractivity contribution in [3.63, 3.8) is 0 Å². The number of likely N-dealkylation sites (tertiary alicyclic amines) is 1. The van der Waals surface area contributed by atoms with Gasteiger partial charge in [-0.2, -0.15) is 0 Å². The van der Waals surface area contributed by atoms with Gasteiger partial charge < -0.3 is 10.0 Å². The maximum Gasteiger partial charge on any atom is 0.123 e. The van der Waals surface area contributed by atoms with Gasteiger partial charge in [0.2, 0.25) is 0 Å². The largest absolute Gasteiger partial charge is 0.389 e. The van der Waals surface area contributed by atoms with Crippen molar-refractivity contribution in [2.24, 2.45) is 0 Å². The third-order valence-electron chi connectivity index (χ3n) is 4.29. The zero-order valence-corrected chi connectivity index (χ0v) is 12.0. The first-order chi connectivity index (χ1) is 9.02. The average molecular weight is 265 g/mol. The van der Waals surface area contributed by atoms with Crippen LogP contribution >= 0.6 is 0 Å². The molecule has 19 heavy (non-hydrogen) atoms. The van der Waals surface area contributed by atoms with Crippen molar-refractivity contribution in [2.45, 2.75) is 45.1 Å². The number of aliphatic hydroxyl groups is 1. The zero-order chi connectivity index (χ0) is 13.9. The number of rotatable bonds is 3. The van der Waals surface area contributed by atoms with Gasteiger partial charge >= 0.3 is 0 Å². The average Bonchev–Trinajstić information content (AvgIpc) is 2.56. The van der Waals surface area contributed by atoms with Crippen LogP contribution in [0.3, 0.4) is 0 Å². The molecule has 0 amide bonds. The summed E-state index contributed by atoms with van der Waals surface area (Å²) in [6.07, 6.45) is 3.16. The second-order valence-electron chi connectivity index (χ2n) is 5.76. The highest BCUT2D eigenvalue weighted by Crippen LogP contribution is 2.28. The number of hydrogen-bond donors (Lipinski definition) is 1. The van der Waals surface area contributed by atoms with E-state index >= 15 is 0 Å². The molecule has 1 aromatic rings. The molecular weight excluding hydrogens is 241 g/mol. The molecule has 1 fully saturated rings. The predicted octanol–water partition coefficient (Wildman–Crippen LogP) is 2.91. The molecule has 0 aromatic heterocycles. The molecule has 1 aliphatic rings. The lowest BCUT2D eigenvalue weighted by Crippen LogP contribution is -2.33. The summed E-state index contributed by atoms with van der Waals surface area (Å²) in [5.74, 6) is -0.215. The third kappa shape index (κ3) is 3.77. The summed E-state index contributed by atoms with van der Waals surface area (Å²) >= 11 is 0. The number of benzene rings is 1. The maximum absolute atomic E-state index is 13.3. The lowest BCUT2D eigenvalue weighted by atomic mass is 9.86. The Morgan fingerprint density at radius 3 is 2.84 bits per heavy atom. The van der Waals surface area contributed by atoms with Gasteiger partial charge in [-0.05, 0) is 62.5 Å². The van der Waals surface area contributed by atoms with Crippen LogP contribution < -0.4 is 0 Å². The molecule has 2 rings (SSSR count). The Balaban J connectivity index is 2.10. The summed E-state index contributed by atoms with van der Waals surface area (Å²) in [5, 5.41) is 10.8. The summed E-state index contributed by atoms with van der Waals surface area (Å²) in [4.78, 5) is 2.37. The van der Waals surface area contributed by atoms with Crippen molar-refractivity contribution < 1.29 is 9.50 Å². The second-order valence-corrected chi connectivity index (χ2v) is 5.76. The van der Waals surface area contributed by atoms with Crippen LogP contribution in [0.5, 0.6) is 0 Å². The highest BCUT2D eigenvalue weighted by atomic mass is 19.1. The van der Waals surface area contributed by atoms with Crippen LogP contribution in [0.2, 0.25) is 0 Å². The van der Waals surface area contributed by atoms with Gasteiger partial charge in [0, 0.05) is 13.0 Å². The molecule has 1 aromatic carbocycles. The normalized spacial score (nSPS) is 25.3. The van der Waals surface area contributed by atoms with E-state index in [1.54, 1.807) is 12.1 Å². The lowest BCUT2D eigenvalue weighted by molar-refractivity contribution is 0.0256. The predicted molar refractivity (Wildman–Crippen MR) is 75.8 cm³/mol. The minimum Gasteiger partial charge on any atom is -0.389 e. The molecule has 2 nitrogen and oxygen atoms in total. The van der Waals surface area contributed by atoms with Gasteiger partial charge in [0.1, 0.15) is 5.82 Å². The van der Waals surface area contributed by atoms with Crippen molar-refractivity contribution in [3.8, 4) is 0 Å². The molecule has 1 N–H and O–H groups in total. The number of aryl methyl sites for hydroxylation is 1. The van der Waals surface area contributed by atoms with E-state index in [1.807, 2.05) is 6.92 Å². The van der Waals surface area contributed by atoms with Crippen LogP contribution in [0, 0.1) is 12.7 Å². The lowest BCUT2D eigenvalue weighted by Gasteiger charge is -2.27.